The van der Waals surface area contributed by atoms with E-state index in [0.29, 0.717) is 13.1 Å². The number of benzene rings is 3. The molecular formula is C23H23F2N3O3S. The third-order valence-corrected chi connectivity index (χ3v) is 7.64. The summed E-state index contributed by atoms with van der Waals surface area (Å²) in [7, 11) is -3.67. The first kappa shape index (κ1) is 22.3. The molecule has 1 N–H and O–H groups in total. The second-order valence-electron chi connectivity index (χ2n) is 7.74. The van der Waals surface area contributed by atoms with Gasteiger partial charge in [0.05, 0.1) is 16.6 Å². The maximum absolute atomic E-state index is 13.8. The molecule has 1 amide bonds. The van der Waals surface area contributed by atoms with Gasteiger partial charge in [0.2, 0.25) is 15.9 Å². The summed E-state index contributed by atoms with van der Waals surface area (Å²) >= 11 is 0. The molecule has 0 saturated carbocycles. The Morgan fingerprint density at radius 1 is 0.938 bits per heavy atom. The van der Waals surface area contributed by atoms with Crippen LogP contribution in [0.1, 0.15) is 6.92 Å². The Balaban J connectivity index is 1.41. The van der Waals surface area contributed by atoms with Crippen molar-refractivity contribution >= 4 is 32.4 Å². The molecule has 168 valence electrons. The SMILES string of the molecule is CC(C(=O)Nc1cc(F)ccc1F)N1CCN(S(=O)(=O)c2ccc3ccccc3c2)CC1. The molecule has 1 saturated heterocycles. The van der Waals surface area contributed by atoms with Gasteiger partial charge in [-0.3, -0.25) is 9.69 Å². The molecule has 0 bridgehead atoms. The van der Waals surface area contributed by atoms with E-state index in [1.165, 1.54) is 4.31 Å². The van der Waals surface area contributed by atoms with Gasteiger partial charge in [-0.2, -0.15) is 4.31 Å². The summed E-state index contributed by atoms with van der Waals surface area (Å²) in [5.41, 5.74) is -0.223. The van der Waals surface area contributed by atoms with Crippen LogP contribution in [0.2, 0.25) is 0 Å². The summed E-state index contributed by atoms with van der Waals surface area (Å²) in [5.74, 6) is -1.86. The number of nitrogens with zero attached hydrogens (tertiary/aromatic N) is 2. The van der Waals surface area contributed by atoms with Crippen LogP contribution in [0, 0.1) is 11.6 Å². The molecule has 1 aliphatic rings. The summed E-state index contributed by atoms with van der Waals surface area (Å²) in [6.07, 6.45) is 0. The first-order valence-corrected chi connectivity index (χ1v) is 11.7. The minimum absolute atomic E-state index is 0.223. The Kier molecular flexibility index (Phi) is 6.23. The molecule has 3 aromatic rings. The maximum Gasteiger partial charge on any atom is 0.243 e. The van der Waals surface area contributed by atoms with Gasteiger partial charge in [-0.15, -0.1) is 0 Å². The summed E-state index contributed by atoms with van der Waals surface area (Å²) < 4.78 is 54.8. The van der Waals surface area contributed by atoms with E-state index in [1.807, 2.05) is 29.2 Å². The highest BCUT2D eigenvalue weighted by molar-refractivity contribution is 7.89. The van der Waals surface area contributed by atoms with E-state index in [4.69, 9.17) is 0 Å². The molecule has 6 nitrogen and oxygen atoms in total. The molecule has 1 aliphatic heterocycles. The second-order valence-corrected chi connectivity index (χ2v) is 9.68. The Morgan fingerprint density at radius 2 is 1.62 bits per heavy atom. The number of amides is 1. The number of hydrogen-bond donors (Lipinski definition) is 1. The van der Waals surface area contributed by atoms with Crippen LogP contribution in [0.15, 0.2) is 65.6 Å². The van der Waals surface area contributed by atoms with E-state index >= 15 is 0 Å². The van der Waals surface area contributed by atoms with Crippen LogP contribution in [0.5, 0.6) is 0 Å². The van der Waals surface area contributed by atoms with Crippen molar-refractivity contribution in [2.45, 2.75) is 17.9 Å². The minimum Gasteiger partial charge on any atom is -0.322 e. The average molecular weight is 460 g/mol. The molecule has 0 aliphatic carbocycles. The van der Waals surface area contributed by atoms with Crippen molar-refractivity contribution in [2.24, 2.45) is 0 Å². The summed E-state index contributed by atoms with van der Waals surface area (Å²) in [6, 6.07) is 14.8. The zero-order valence-corrected chi connectivity index (χ0v) is 18.3. The number of halogens is 2. The zero-order chi connectivity index (χ0) is 22.9. The number of rotatable bonds is 5. The highest BCUT2D eigenvalue weighted by Gasteiger charge is 2.32. The highest BCUT2D eigenvalue weighted by Crippen LogP contribution is 2.23. The third kappa shape index (κ3) is 4.50. The smallest absolute Gasteiger partial charge is 0.243 e. The van der Waals surface area contributed by atoms with Crippen LogP contribution in [-0.2, 0) is 14.8 Å². The second kappa shape index (κ2) is 8.93. The number of sulfonamides is 1. The molecule has 1 atom stereocenters. The Morgan fingerprint density at radius 3 is 2.34 bits per heavy atom. The number of anilines is 1. The van der Waals surface area contributed by atoms with E-state index < -0.39 is 33.6 Å². The number of piperazine rings is 1. The first-order valence-electron chi connectivity index (χ1n) is 10.2. The molecule has 0 aromatic heterocycles. The third-order valence-electron chi connectivity index (χ3n) is 5.75. The predicted octanol–water partition coefficient (Wildman–Crippen LogP) is 3.45. The lowest BCUT2D eigenvalue weighted by Crippen LogP contribution is -2.53. The number of fused-ring (bicyclic) bond motifs is 1. The van der Waals surface area contributed by atoms with Gasteiger partial charge in [0.25, 0.3) is 0 Å². The molecule has 3 aromatic carbocycles. The average Bonchev–Trinajstić information content (AvgIpc) is 2.80. The van der Waals surface area contributed by atoms with Crippen LogP contribution in [0.3, 0.4) is 0 Å². The van der Waals surface area contributed by atoms with E-state index in [9.17, 15) is 22.0 Å². The van der Waals surface area contributed by atoms with Crippen molar-refractivity contribution in [1.82, 2.24) is 9.21 Å². The predicted molar refractivity (Wildman–Crippen MR) is 119 cm³/mol. The fourth-order valence-corrected chi connectivity index (χ4v) is 5.26. The Bertz CT molecular complexity index is 1260. The van der Waals surface area contributed by atoms with Crippen molar-refractivity contribution in [3.63, 3.8) is 0 Å². The van der Waals surface area contributed by atoms with Gasteiger partial charge in [0.1, 0.15) is 11.6 Å². The van der Waals surface area contributed by atoms with Crippen molar-refractivity contribution in [1.29, 1.82) is 0 Å². The standard InChI is InChI=1S/C23H23F2N3O3S/c1-16(23(29)26-22-15-19(24)7-9-21(22)25)27-10-12-28(13-11-27)32(30,31)20-8-6-17-4-2-3-5-18(17)14-20/h2-9,14-16H,10-13H2,1H3,(H,26,29). The topological polar surface area (TPSA) is 69.7 Å². The van der Waals surface area contributed by atoms with E-state index in [2.05, 4.69) is 5.32 Å². The number of carbonyl (C=O) groups excluding carboxylic acids is 1. The normalized spacial score (nSPS) is 16.7. The summed E-state index contributed by atoms with van der Waals surface area (Å²) in [5, 5.41) is 4.22. The van der Waals surface area contributed by atoms with Crippen molar-refractivity contribution in [3.8, 4) is 0 Å². The quantitative estimate of drug-likeness (QED) is 0.635. The molecule has 1 unspecified atom stereocenters. The van der Waals surface area contributed by atoms with Crippen LogP contribution in [0.25, 0.3) is 10.8 Å². The van der Waals surface area contributed by atoms with Crippen molar-refractivity contribution in [2.75, 3.05) is 31.5 Å². The maximum atomic E-state index is 13.8. The van der Waals surface area contributed by atoms with Gasteiger partial charge < -0.3 is 5.32 Å². The van der Waals surface area contributed by atoms with E-state index in [-0.39, 0.29) is 23.7 Å². The molecule has 9 heteroatoms. The fourth-order valence-electron chi connectivity index (χ4n) is 3.80. The van der Waals surface area contributed by atoms with Gasteiger partial charge in [0, 0.05) is 32.2 Å². The monoisotopic (exact) mass is 459 g/mol. The fraction of sp³-hybridized carbons (Fsp3) is 0.261. The van der Waals surface area contributed by atoms with E-state index in [1.54, 1.807) is 25.1 Å². The van der Waals surface area contributed by atoms with Gasteiger partial charge in [-0.05, 0) is 42.0 Å². The Labute approximate surface area is 185 Å². The lowest BCUT2D eigenvalue weighted by molar-refractivity contribution is -0.121. The molecule has 0 spiro atoms. The zero-order valence-electron chi connectivity index (χ0n) is 17.5. The van der Waals surface area contributed by atoms with Gasteiger partial charge >= 0.3 is 0 Å². The lowest BCUT2D eigenvalue weighted by atomic mass is 10.1. The van der Waals surface area contributed by atoms with Crippen LogP contribution >= 0.6 is 0 Å². The lowest BCUT2D eigenvalue weighted by Gasteiger charge is -2.36. The molecule has 1 fully saturated rings. The van der Waals surface area contributed by atoms with Crippen LogP contribution < -0.4 is 5.32 Å². The van der Waals surface area contributed by atoms with Crippen molar-refractivity contribution < 1.29 is 22.0 Å². The van der Waals surface area contributed by atoms with Gasteiger partial charge in [-0.25, -0.2) is 17.2 Å². The molecule has 1 heterocycles. The first-order chi connectivity index (χ1) is 15.3. The van der Waals surface area contributed by atoms with Crippen molar-refractivity contribution in [3.05, 3.63) is 72.3 Å². The number of carbonyl (C=O) groups is 1. The molecular weight excluding hydrogens is 436 g/mol. The number of nitrogens with one attached hydrogen (secondary N) is 1. The molecule has 32 heavy (non-hydrogen) atoms. The Hall–Kier alpha value is -2.88. The van der Waals surface area contributed by atoms with E-state index in [0.717, 1.165) is 29.0 Å². The van der Waals surface area contributed by atoms with Gasteiger partial charge in [0.15, 0.2) is 0 Å². The largest absolute Gasteiger partial charge is 0.322 e. The molecule has 4 rings (SSSR count). The summed E-state index contributed by atoms with van der Waals surface area (Å²) in [6.45, 7) is 2.78. The highest BCUT2D eigenvalue weighted by atomic mass is 32.2. The minimum atomic E-state index is -3.67. The van der Waals surface area contributed by atoms with Gasteiger partial charge in [-0.1, -0.05) is 30.3 Å². The number of hydrogen-bond acceptors (Lipinski definition) is 4. The molecule has 0 radical (unpaired) electrons. The van der Waals surface area contributed by atoms with Crippen LogP contribution in [0.4, 0.5) is 14.5 Å². The van der Waals surface area contributed by atoms with Crippen LogP contribution in [-0.4, -0.2) is 55.8 Å². The summed E-state index contributed by atoms with van der Waals surface area (Å²) in [4.78, 5) is 14.6.